The van der Waals surface area contributed by atoms with Crippen molar-refractivity contribution < 1.29 is 27.9 Å². The molecule has 10 heteroatoms. The highest BCUT2D eigenvalue weighted by Crippen LogP contribution is 2.25. The molecule has 0 fully saturated rings. The van der Waals surface area contributed by atoms with Gasteiger partial charge in [0.15, 0.2) is 11.3 Å². The number of alkyl halides is 3. The van der Waals surface area contributed by atoms with Gasteiger partial charge >= 0.3 is 18.1 Å². The molecule has 128 valence electrons. The van der Waals surface area contributed by atoms with E-state index in [4.69, 9.17) is 5.11 Å². The maximum absolute atomic E-state index is 12.4. The molecule has 7 nitrogen and oxygen atoms in total. The molecule has 3 aromatic rings. The van der Waals surface area contributed by atoms with E-state index in [2.05, 4.69) is 10.1 Å². The van der Waals surface area contributed by atoms with Crippen LogP contribution in [-0.4, -0.2) is 37.8 Å². The molecule has 3 rings (SSSR count). The Morgan fingerprint density at radius 3 is 2.60 bits per heavy atom. The number of aromatic carboxylic acids is 1. The maximum Gasteiger partial charge on any atom is 0.471 e. The summed E-state index contributed by atoms with van der Waals surface area (Å²) in [5.74, 6) is -3.32. The highest BCUT2D eigenvalue weighted by molar-refractivity contribution is 5.95. The second-order valence-corrected chi connectivity index (χ2v) is 4.97. The molecule has 1 amide bonds. The molecule has 0 aliphatic carbocycles. The summed E-state index contributed by atoms with van der Waals surface area (Å²) < 4.78 is 38.3. The van der Waals surface area contributed by atoms with Gasteiger partial charge in [0.05, 0.1) is 5.69 Å². The van der Waals surface area contributed by atoms with Crippen molar-refractivity contribution in [1.29, 1.82) is 0 Å². The van der Waals surface area contributed by atoms with Crippen LogP contribution in [0.4, 0.5) is 18.9 Å². The number of hydrogen-bond acceptors (Lipinski definition) is 4. The Morgan fingerprint density at radius 2 is 1.92 bits per heavy atom. The van der Waals surface area contributed by atoms with Crippen molar-refractivity contribution in [3.05, 3.63) is 48.3 Å². The number of fused-ring (bicyclic) bond motifs is 1. The molecule has 0 spiro atoms. The van der Waals surface area contributed by atoms with Gasteiger partial charge in [-0.2, -0.15) is 18.3 Å². The molecule has 0 bridgehead atoms. The third-order valence-electron chi connectivity index (χ3n) is 3.25. The van der Waals surface area contributed by atoms with Gasteiger partial charge in [0.1, 0.15) is 0 Å². The van der Waals surface area contributed by atoms with E-state index in [1.54, 1.807) is 11.4 Å². The van der Waals surface area contributed by atoms with Gasteiger partial charge in [-0.15, -0.1) is 0 Å². The van der Waals surface area contributed by atoms with Gasteiger partial charge in [0.25, 0.3) is 0 Å². The van der Waals surface area contributed by atoms with Crippen LogP contribution in [0.2, 0.25) is 0 Å². The van der Waals surface area contributed by atoms with E-state index in [1.807, 2.05) is 0 Å². The average Bonchev–Trinajstić information content (AvgIpc) is 2.98. The Bertz CT molecular complexity index is 982. The molecular formula is C15H9F3N4O3. The molecule has 0 atom stereocenters. The molecule has 0 saturated carbocycles. The Labute approximate surface area is 137 Å². The average molecular weight is 350 g/mol. The van der Waals surface area contributed by atoms with Crippen molar-refractivity contribution in [2.75, 3.05) is 5.32 Å². The van der Waals surface area contributed by atoms with Crippen LogP contribution in [0.5, 0.6) is 0 Å². The number of amides is 1. The second-order valence-electron chi connectivity index (χ2n) is 4.97. The minimum Gasteiger partial charge on any atom is -0.476 e. The minimum absolute atomic E-state index is 0.0598. The largest absolute Gasteiger partial charge is 0.476 e. The maximum atomic E-state index is 12.4. The van der Waals surface area contributed by atoms with Crippen molar-refractivity contribution in [3.8, 4) is 11.3 Å². The van der Waals surface area contributed by atoms with Gasteiger partial charge in [-0.1, -0.05) is 12.1 Å². The van der Waals surface area contributed by atoms with E-state index in [9.17, 15) is 22.8 Å². The Balaban J connectivity index is 2.03. The Kier molecular flexibility index (Phi) is 3.87. The SMILES string of the molecule is O=C(O)c1cc2nccc(-c3cccc(NC(=O)C(F)(F)F)c3)n2n1. The third kappa shape index (κ3) is 3.27. The highest BCUT2D eigenvalue weighted by Gasteiger charge is 2.38. The van der Waals surface area contributed by atoms with Crippen molar-refractivity contribution in [1.82, 2.24) is 14.6 Å². The van der Waals surface area contributed by atoms with E-state index >= 15 is 0 Å². The van der Waals surface area contributed by atoms with Crippen LogP contribution in [0.15, 0.2) is 42.6 Å². The zero-order valence-corrected chi connectivity index (χ0v) is 12.3. The lowest BCUT2D eigenvalue weighted by Gasteiger charge is -2.10. The third-order valence-corrected chi connectivity index (χ3v) is 3.25. The summed E-state index contributed by atoms with van der Waals surface area (Å²) in [5.41, 5.74) is 0.810. The van der Waals surface area contributed by atoms with E-state index in [1.165, 1.54) is 41.0 Å². The standard InChI is InChI=1S/C15H9F3N4O3/c16-15(17,18)14(25)20-9-3-1-2-8(6-9)11-4-5-19-12-7-10(13(23)24)21-22(11)12/h1-7H,(H,20,25)(H,23,24). The first-order valence-electron chi connectivity index (χ1n) is 6.82. The van der Waals surface area contributed by atoms with Gasteiger partial charge < -0.3 is 10.4 Å². The number of carbonyl (C=O) groups is 2. The lowest BCUT2D eigenvalue weighted by atomic mass is 10.1. The molecule has 2 heterocycles. The zero-order valence-electron chi connectivity index (χ0n) is 12.3. The topological polar surface area (TPSA) is 96.6 Å². The van der Waals surface area contributed by atoms with Crippen molar-refractivity contribution in [2.45, 2.75) is 6.18 Å². The van der Waals surface area contributed by atoms with E-state index < -0.39 is 18.1 Å². The number of rotatable bonds is 3. The number of halogens is 3. The predicted octanol–water partition coefficient (Wildman–Crippen LogP) is 2.60. The normalized spacial score (nSPS) is 11.5. The van der Waals surface area contributed by atoms with Gasteiger partial charge in [-0.3, -0.25) is 4.79 Å². The first kappa shape index (κ1) is 16.4. The molecule has 1 aromatic carbocycles. The van der Waals surface area contributed by atoms with Crippen molar-refractivity contribution >= 4 is 23.2 Å². The highest BCUT2D eigenvalue weighted by atomic mass is 19.4. The molecule has 25 heavy (non-hydrogen) atoms. The summed E-state index contributed by atoms with van der Waals surface area (Å²) in [6.07, 6.45) is -3.59. The van der Waals surface area contributed by atoms with Crippen LogP contribution in [-0.2, 0) is 4.79 Å². The predicted molar refractivity (Wildman–Crippen MR) is 80.1 cm³/mol. The van der Waals surface area contributed by atoms with Gasteiger partial charge in [-0.05, 0) is 18.2 Å². The van der Waals surface area contributed by atoms with Crippen molar-refractivity contribution in [2.24, 2.45) is 0 Å². The molecule has 0 saturated heterocycles. The van der Waals surface area contributed by atoms with Crippen LogP contribution in [0.1, 0.15) is 10.5 Å². The van der Waals surface area contributed by atoms with Crippen molar-refractivity contribution in [3.63, 3.8) is 0 Å². The number of carboxylic acid groups (broad SMARTS) is 1. The fourth-order valence-corrected chi connectivity index (χ4v) is 2.18. The van der Waals surface area contributed by atoms with Crippen LogP contribution >= 0.6 is 0 Å². The molecule has 0 radical (unpaired) electrons. The lowest BCUT2D eigenvalue weighted by Crippen LogP contribution is -2.29. The van der Waals surface area contributed by atoms with E-state index in [-0.39, 0.29) is 17.0 Å². The van der Waals surface area contributed by atoms with E-state index in [0.717, 1.165) is 0 Å². The number of nitrogens with one attached hydrogen (secondary N) is 1. The Morgan fingerprint density at radius 1 is 1.16 bits per heavy atom. The fraction of sp³-hybridized carbons (Fsp3) is 0.0667. The van der Waals surface area contributed by atoms with Crippen LogP contribution < -0.4 is 5.32 Å². The number of nitrogens with zero attached hydrogens (tertiary/aromatic N) is 3. The van der Waals surface area contributed by atoms with Gasteiger partial charge in [-0.25, -0.2) is 14.3 Å². The molecule has 0 unspecified atom stereocenters. The number of carboxylic acids is 1. The summed E-state index contributed by atoms with van der Waals surface area (Å²) in [4.78, 5) is 26.1. The number of benzene rings is 1. The lowest BCUT2D eigenvalue weighted by molar-refractivity contribution is -0.167. The quantitative estimate of drug-likeness (QED) is 0.757. The summed E-state index contributed by atoms with van der Waals surface area (Å²) in [6.45, 7) is 0. The summed E-state index contributed by atoms with van der Waals surface area (Å²) in [7, 11) is 0. The Hall–Kier alpha value is -3.43. The fourth-order valence-electron chi connectivity index (χ4n) is 2.18. The summed E-state index contributed by atoms with van der Waals surface area (Å²) in [5, 5.41) is 14.7. The van der Waals surface area contributed by atoms with Gasteiger partial charge in [0, 0.05) is 23.5 Å². The first-order chi connectivity index (χ1) is 11.8. The number of anilines is 1. The molecule has 0 aliphatic heterocycles. The smallest absolute Gasteiger partial charge is 0.471 e. The number of hydrogen-bond donors (Lipinski definition) is 2. The van der Waals surface area contributed by atoms with Crippen LogP contribution in [0.3, 0.4) is 0 Å². The summed E-state index contributed by atoms with van der Waals surface area (Å²) in [6, 6.07) is 8.45. The van der Waals surface area contributed by atoms with Gasteiger partial charge in [0.2, 0.25) is 0 Å². The van der Waals surface area contributed by atoms with Crippen LogP contribution in [0, 0.1) is 0 Å². The second kappa shape index (κ2) is 5.89. The summed E-state index contributed by atoms with van der Waals surface area (Å²) >= 11 is 0. The molecule has 0 aliphatic rings. The molecule has 2 N–H and O–H groups in total. The minimum atomic E-state index is -5.00. The molecular weight excluding hydrogens is 341 g/mol. The molecule has 2 aromatic heterocycles. The van der Waals surface area contributed by atoms with Crippen LogP contribution in [0.25, 0.3) is 16.9 Å². The number of aromatic nitrogens is 3. The first-order valence-corrected chi connectivity index (χ1v) is 6.82. The zero-order chi connectivity index (χ0) is 18.2. The monoisotopic (exact) mass is 350 g/mol. The number of carbonyl (C=O) groups excluding carboxylic acids is 1. The van der Waals surface area contributed by atoms with E-state index in [0.29, 0.717) is 11.3 Å².